The molecule has 0 aliphatic carbocycles. The number of nitrogens with one attached hydrogen (secondary N) is 1. The monoisotopic (exact) mass is 392 g/mol. The molecule has 0 saturated carbocycles. The fourth-order valence-corrected chi connectivity index (χ4v) is 3.10. The second-order valence-electron chi connectivity index (χ2n) is 5.51. The Balaban J connectivity index is 1.94. The molecule has 2 aromatic rings. The SMILES string of the molecule is CCOC(=O)N(C)c1ccc(NC(=O)C(C)Sc2ccc(Cl)cc2)cc1. The van der Waals surface area contributed by atoms with Crippen LogP contribution >= 0.6 is 23.4 Å². The van der Waals surface area contributed by atoms with Crippen molar-refractivity contribution in [3.05, 3.63) is 53.6 Å². The molecule has 2 aromatic carbocycles. The van der Waals surface area contributed by atoms with Gasteiger partial charge in [0.1, 0.15) is 0 Å². The summed E-state index contributed by atoms with van der Waals surface area (Å²) < 4.78 is 4.95. The summed E-state index contributed by atoms with van der Waals surface area (Å²) in [6.07, 6.45) is -0.419. The van der Waals surface area contributed by atoms with E-state index in [1.165, 1.54) is 16.7 Å². The molecule has 7 heteroatoms. The van der Waals surface area contributed by atoms with Gasteiger partial charge >= 0.3 is 6.09 Å². The van der Waals surface area contributed by atoms with E-state index >= 15 is 0 Å². The summed E-state index contributed by atoms with van der Waals surface area (Å²) in [7, 11) is 1.64. The lowest BCUT2D eigenvalue weighted by atomic mass is 10.2. The minimum atomic E-state index is -0.419. The number of rotatable bonds is 6. The molecule has 0 aromatic heterocycles. The maximum atomic E-state index is 12.4. The van der Waals surface area contributed by atoms with Crippen LogP contribution in [0.5, 0.6) is 0 Å². The number of ether oxygens (including phenoxy) is 1. The van der Waals surface area contributed by atoms with Crippen molar-refractivity contribution in [2.75, 3.05) is 23.9 Å². The molecule has 26 heavy (non-hydrogen) atoms. The van der Waals surface area contributed by atoms with Gasteiger partial charge in [-0.05, 0) is 62.4 Å². The van der Waals surface area contributed by atoms with Crippen molar-refractivity contribution < 1.29 is 14.3 Å². The first-order valence-electron chi connectivity index (χ1n) is 8.14. The summed E-state index contributed by atoms with van der Waals surface area (Å²) in [6.45, 7) is 3.92. The number of thioether (sulfide) groups is 1. The van der Waals surface area contributed by atoms with E-state index in [-0.39, 0.29) is 11.2 Å². The Morgan fingerprint density at radius 1 is 1.15 bits per heavy atom. The van der Waals surface area contributed by atoms with Crippen LogP contribution in [0, 0.1) is 0 Å². The normalized spacial score (nSPS) is 11.5. The van der Waals surface area contributed by atoms with Crippen LogP contribution in [0.25, 0.3) is 0 Å². The summed E-state index contributed by atoms with van der Waals surface area (Å²) >= 11 is 7.33. The van der Waals surface area contributed by atoms with Crippen LogP contribution < -0.4 is 10.2 Å². The zero-order chi connectivity index (χ0) is 19.1. The van der Waals surface area contributed by atoms with Gasteiger partial charge in [0.25, 0.3) is 0 Å². The van der Waals surface area contributed by atoms with Crippen molar-refractivity contribution in [1.82, 2.24) is 0 Å². The lowest BCUT2D eigenvalue weighted by molar-refractivity contribution is -0.115. The van der Waals surface area contributed by atoms with Gasteiger partial charge in [0.05, 0.1) is 11.9 Å². The summed E-state index contributed by atoms with van der Waals surface area (Å²) in [4.78, 5) is 26.5. The number of carbonyl (C=O) groups excluding carboxylic acids is 2. The van der Waals surface area contributed by atoms with Crippen LogP contribution in [0.2, 0.25) is 5.02 Å². The third-order valence-electron chi connectivity index (χ3n) is 3.56. The standard InChI is InChI=1S/C19H21ClN2O3S/c1-4-25-19(24)22(3)16-9-7-15(8-10-16)21-18(23)13(2)26-17-11-5-14(20)6-12-17/h5-13H,4H2,1-3H3,(H,21,23). The molecule has 1 unspecified atom stereocenters. The highest BCUT2D eigenvalue weighted by Crippen LogP contribution is 2.26. The Morgan fingerprint density at radius 2 is 1.77 bits per heavy atom. The van der Waals surface area contributed by atoms with Crippen molar-refractivity contribution in [2.24, 2.45) is 0 Å². The van der Waals surface area contributed by atoms with Crippen molar-refractivity contribution in [3.63, 3.8) is 0 Å². The van der Waals surface area contributed by atoms with Crippen LogP contribution in [0.4, 0.5) is 16.2 Å². The first-order chi connectivity index (χ1) is 12.4. The molecule has 0 bridgehead atoms. The van der Waals surface area contributed by atoms with Crippen molar-refractivity contribution in [3.8, 4) is 0 Å². The molecule has 1 atom stereocenters. The number of halogens is 1. The Kier molecular flexibility index (Phi) is 7.36. The molecular formula is C19H21ClN2O3S. The van der Waals surface area contributed by atoms with E-state index < -0.39 is 6.09 Å². The third-order valence-corrected chi connectivity index (χ3v) is 4.92. The van der Waals surface area contributed by atoms with Crippen molar-refractivity contribution >= 4 is 46.7 Å². The molecule has 1 N–H and O–H groups in total. The fraction of sp³-hybridized carbons (Fsp3) is 0.263. The third kappa shape index (κ3) is 5.68. The zero-order valence-corrected chi connectivity index (χ0v) is 16.4. The van der Waals surface area contributed by atoms with Gasteiger partial charge in [-0.3, -0.25) is 9.69 Å². The summed E-state index contributed by atoms with van der Waals surface area (Å²) in [5, 5.41) is 3.27. The molecule has 0 heterocycles. The van der Waals surface area contributed by atoms with Gasteiger partial charge in [0, 0.05) is 28.3 Å². The fourth-order valence-electron chi connectivity index (χ4n) is 2.11. The first kappa shape index (κ1) is 20.1. The molecule has 5 nitrogen and oxygen atoms in total. The highest BCUT2D eigenvalue weighted by atomic mass is 35.5. The van der Waals surface area contributed by atoms with Gasteiger partial charge in [-0.1, -0.05) is 11.6 Å². The van der Waals surface area contributed by atoms with Crippen LogP contribution in [0.3, 0.4) is 0 Å². The van der Waals surface area contributed by atoms with Crippen molar-refractivity contribution in [2.45, 2.75) is 24.0 Å². The van der Waals surface area contributed by atoms with E-state index in [4.69, 9.17) is 16.3 Å². The quantitative estimate of drug-likeness (QED) is 0.698. The lowest BCUT2D eigenvalue weighted by Crippen LogP contribution is -2.27. The van der Waals surface area contributed by atoms with Crippen molar-refractivity contribution in [1.29, 1.82) is 0 Å². The molecule has 0 saturated heterocycles. The predicted molar refractivity (Wildman–Crippen MR) is 107 cm³/mol. The maximum Gasteiger partial charge on any atom is 0.413 e. The van der Waals surface area contributed by atoms with E-state index in [1.54, 1.807) is 50.4 Å². The smallest absolute Gasteiger partial charge is 0.413 e. The number of benzene rings is 2. The predicted octanol–water partition coefficient (Wildman–Crippen LogP) is 5.05. The summed E-state index contributed by atoms with van der Waals surface area (Å²) in [5.74, 6) is -0.101. The molecule has 0 radical (unpaired) electrons. The average molecular weight is 393 g/mol. The number of amides is 2. The number of hydrogen-bond donors (Lipinski definition) is 1. The molecule has 2 amide bonds. The minimum Gasteiger partial charge on any atom is -0.449 e. The highest BCUT2D eigenvalue weighted by Gasteiger charge is 2.15. The number of hydrogen-bond acceptors (Lipinski definition) is 4. The molecule has 0 aliphatic heterocycles. The second kappa shape index (κ2) is 9.50. The van der Waals surface area contributed by atoms with E-state index in [9.17, 15) is 9.59 Å². The van der Waals surface area contributed by atoms with Gasteiger partial charge in [0.15, 0.2) is 0 Å². The minimum absolute atomic E-state index is 0.101. The lowest BCUT2D eigenvalue weighted by Gasteiger charge is -2.17. The average Bonchev–Trinajstić information content (AvgIpc) is 2.63. The Labute approximate surface area is 162 Å². The highest BCUT2D eigenvalue weighted by molar-refractivity contribution is 8.00. The molecule has 2 rings (SSSR count). The topological polar surface area (TPSA) is 58.6 Å². The Morgan fingerprint density at radius 3 is 2.35 bits per heavy atom. The molecule has 0 fully saturated rings. The Bertz CT molecular complexity index is 750. The Hall–Kier alpha value is -2.18. The summed E-state index contributed by atoms with van der Waals surface area (Å²) in [6, 6.07) is 14.4. The van der Waals surface area contributed by atoms with E-state index in [1.807, 2.05) is 19.1 Å². The number of carbonyl (C=O) groups is 2. The maximum absolute atomic E-state index is 12.4. The number of anilines is 2. The largest absolute Gasteiger partial charge is 0.449 e. The van der Waals surface area contributed by atoms with Gasteiger partial charge in [-0.15, -0.1) is 11.8 Å². The van der Waals surface area contributed by atoms with E-state index in [0.29, 0.717) is 23.0 Å². The van der Waals surface area contributed by atoms with Crippen LogP contribution in [0.1, 0.15) is 13.8 Å². The van der Waals surface area contributed by atoms with Gasteiger partial charge < -0.3 is 10.1 Å². The molecule has 0 aliphatic rings. The molecule has 138 valence electrons. The summed E-state index contributed by atoms with van der Waals surface area (Å²) in [5.41, 5.74) is 1.35. The van der Waals surface area contributed by atoms with E-state index in [0.717, 1.165) is 4.90 Å². The van der Waals surface area contributed by atoms with Gasteiger partial charge in [0.2, 0.25) is 5.91 Å². The van der Waals surface area contributed by atoms with Gasteiger partial charge in [-0.2, -0.15) is 0 Å². The second-order valence-corrected chi connectivity index (χ2v) is 7.36. The van der Waals surface area contributed by atoms with Gasteiger partial charge in [-0.25, -0.2) is 4.79 Å². The zero-order valence-electron chi connectivity index (χ0n) is 14.9. The van der Waals surface area contributed by atoms with Crippen LogP contribution in [-0.2, 0) is 9.53 Å². The molecular weight excluding hydrogens is 372 g/mol. The first-order valence-corrected chi connectivity index (χ1v) is 9.40. The van der Waals surface area contributed by atoms with E-state index in [2.05, 4.69) is 5.32 Å². The molecule has 0 spiro atoms. The number of nitrogens with zero attached hydrogens (tertiary/aromatic N) is 1. The van der Waals surface area contributed by atoms with Crippen LogP contribution in [0.15, 0.2) is 53.4 Å². The van der Waals surface area contributed by atoms with Crippen LogP contribution in [-0.4, -0.2) is 30.9 Å².